The molecule has 0 spiro atoms. The number of oxime groups is 1. The van der Waals surface area contributed by atoms with Gasteiger partial charge in [0.15, 0.2) is 0 Å². The Balaban J connectivity index is 0. The summed E-state index contributed by atoms with van der Waals surface area (Å²) in [5.41, 5.74) is 0. The number of ether oxygens (including phenoxy) is 1. The first kappa shape index (κ1) is 14.1. The van der Waals surface area contributed by atoms with Crippen LogP contribution >= 0.6 is 0 Å². The monoisotopic (exact) mass is 195 g/mol. The molecule has 4 nitrogen and oxygen atoms in total. The van der Waals surface area contributed by atoms with E-state index in [2.05, 4.69) is 9.44 Å². The van der Waals surface area contributed by atoms with Gasteiger partial charge in [-0.1, -0.05) is 5.16 Å². The third kappa shape index (κ3) is 22.7. The van der Waals surface area contributed by atoms with Gasteiger partial charge in [0.2, 0.25) is 11.1 Å². The molecule has 0 fully saturated rings. The highest BCUT2D eigenvalue weighted by Gasteiger charge is 1.79. The van der Waals surface area contributed by atoms with Crippen molar-refractivity contribution in [1.29, 1.82) is 0 Å². The molecule has 0 saturated carbocycles. The Kier molecular flexibility index (Phi) is 12.5. The Labute approximate surface area is 76.6 Å². The maximum atomic E-state index is 9.98. The van der Waals surface area contributed by atoms with Crippen LogP contribution in [0.5, 0.6) is 0 Å². The number of methoxy groups -OCH3 is 1. The van der Waals surface area contributed by atoms with E-state index in [-0.39, 0.29) is 0 Å². The molecule has 0 saturated heterocycles. The van der Waals surface area contributed by atoms with Crippen molar-refractivity contribution in [2.45, 2.75) is 26.9 Å². The van der Waals surface area contributed by atoms with Crippen molar-refractivity contribution < 1.29 is 13.2 Å². The van der Waals surface area contributed by atoms with E-state index in [1.165, 1.54) is 12.5 Å². The fraction of sp³-hybridized carbons (Fsp3) is 0.857. The van der Waals surface area contributed by atoms with Gasteiger partial charge in [0.25, 0.3) is 0 Å². The fourth-order valence-electron chi connectivity index (χ4n) is 0.104. The minimum Gasteiger partial charge on any atom is -0.382 e. The standard InChI is InChI=1S/C4H10O.C3H7NO2S/c1-4(2)5-3;1-3-4-6-7(2)5/h4H,1-3H3;3H,1-2H3/b;4-3-. The molecule has 0 aromatic carbocycles. The zero-order valence-electron chi connectivity index (χ0n) is 8.23. The molecule has 0 aromatic rings. The zero-order valence-corrected chi connectivity index (χ0v) is 9.05. The first-order valence-corrected chi connectivity index (χ1v) is 5.04. The van der Waals surface area contributed by atoms with Crippen LogP contribution in [0.15, 0.2) is 5.16 Å². The summed E-state index contributed by atoms with van der Waals surface area (Å²) in [4.78, 5) is 0. The second-order valence-corrected chi connectivity index (χ2v) is 3.08. The lowest BCUT2D eigenvalue weighted by Crippen LogP contribution is -1.94. The summed E-state index contributed by atoms with van der Waals surface area (Å²) in [5, 5.41) is 3.25. The third-order valence-electron chi connectivity index (χ3n) is 0.725. The van der Waals surface area contributed by atoms with E-state index in [9.17, 15) is 4.21 Å². The molecule has 1 unspecified atom stereocenters. The summed E-state index contributed by atoms with van der Waals surface area (Å²) in [6.07, 6.45) is 3.23. The number of hydrogen-bond acceptors (Lipinski definition) is 4. The zero-order chi connectivity index (χ0) is 9.98. The quantitative estimate of drug-likeness (QED) is 0.504. The molecule has 0 aromatic heterocycles. The minimum absolute atomic E-state index is 0.384. The Morgan fingerprint density at radius 3 is 2.00 bits per heavy atom. The van der Waals surface area contributed by atoms with Crippen LogP contribution in [0, 0.1) is 0 Å². The van der Waals surface area contributed by atoms with Crippen molar-refractivity contribution in [3.63, 3.8) is 0 Å². The van der Waals surface area contributed by atoms with Crippen molar-refractivity contribution in [2.75, 3.05) is 13.4 Å². The molecule has 0 aliphatic rings. The second kappa shape index (κ2) is 10.6. The Hall–Kier alpha value is -0.420. The van der Waals surface area contributed by atoms with Crippen molar-refractivity contribution in [3.8, 4) is 0 Å². The molecule has 0 rings (SSSR count). The molecule has 5 heteroatoms. The van der Waals surface area contributed by atoms with Gasteiger partial charge >= 0.3 is 0 Å². The highest BCUT2D eigenvalue weighted by atomic mass is 32.2. The Morgan fingerprint density at radius 1 is 1.50 bits per heavy atom. The molecular formula is C7H17NO3S. The topological polar surface area (TPSA) is 47.9 Å². The molecule has 0 bridgehead atoms. The Bertz CT molecular complexity index is 137. The summed E-state index contributed by atoms with van der Waals surface area (Å²) < 4.78 is 19.0. The SMILES string of the molecule is C/C=N\OS(C)=O.COC(C)C. The molecule has 12 heavy (non-hydrogen) atoms. The van der Waals surface area contributed by atoms with Crippen molar-refractivity contribution in [2.24, 2.45) is 5.16 Å². The average molecular weight is 195 g/mol. The average Bonchev–Trinajstić information content (AvgIpc) is 2.02. The maximum Gasteiger partial charge on any atom is 0.229 e. The maximum absolute atomic E-state index is 9.98. The lowest BCUT2D eigenvalue weighted by Gasteiger charge is -1.94. The largest absolute Gasteiger partial charge is 0.382 e. The van der Waals surface area contributed by atoms with E-state index >= 15 is 0 Å². The summed E-state index contributed by atoms with van der Waals surface area (Å²) >= 11 is -1.26. The normalized spacial score (nSPS) is 12.5. The van der Waals surface area contributed by atoms with Crippen LogP contribution < -0.4 is 0 Å². The van der Waals surface area contributed by atoms with Gasteiger partial charge in [0.1, 0.15) is 0 Å². The molecule has 0 aliphatic heterocycles. The van der Waals surface area contributed by atoms with Crippen molar-refractivity contribution in [1.82, 2.24) is 0 Å². The number of hydrogen-bond donors (Lipinski definition) is 0. The van der Waals surface area contributed by atoms with Gasteiger partial charge in [-0.2, -0.15) is 0 Å². The predicted molar refractivity (Wildman–Crippen MR) is 51.5 cm³/mol. The summed E-state index contributed by atoms with van der Waals surface area (Å²) in [7, 11) is 1.70. The van der Waals surface area contributed by atoms with Crippen LogP contribution in [-0.2, 0) is 20.1 Å². The third-order valence-corrected chi connectivity index (χ3v) is 1.02. The van der Waals surface area contributed by atoms with Gasteiger partial charge in [0.05, 0.1) is 12.4 Å². The molecule has 0 N–H and O–H groups in total. The summed E-state index contributed by atoms with van der Waals surface area (Å²) in [6, 6.07) is 0. The number of rotatable bonds is 3. The van der Waals surface area contributed by atoms with Gasteiger partial charge in [-0.15, -0.1) is 0 Å². The van der Waals surface area contributed by atoms with E-state index < -0.39 is 11.1 Å². The van der Waals surface area contributed by atoms with Crippen LogP contribution in [0.3, 0.4) is 0 Å². The van der Waals surface area contributed by atoms with E-state index in [4.69, 9.17) is 4.74 Å². The highest BCUT2D eigenvalue weighted by molar-refractivity contribution is 7.79. The van der Waals surface area contributed by atoms with E-state index in [1.54, 1.807) is 14.0 Å². The number of nitrogens with zero attached hydrogens (tertiary/aromatic N) is 1. The summed E-state index contributed by atoms with van der Waals surface area (Å²) in [6.45, 7) is 5.69. The predicted octanol–water partition coefficient (Wildman–Crippen LogP) is 1.34. The minimum atomic E-state index is -1.26. The lowest BCUT2D eigenvalue weighted by molar-refractivity contribution is 0.134. The van der Waals surface area contributed by atoms with Crippen LogP contribution in [0.25, 0.3) is 0 Å². The lowest BCUT2D eigenvalue weighted by atomic mass is 10.5. The molecule has 0 radical (unpaired) electrons. The first-order chi connectivity index (χ1) is 5.54. The van der Waals surface area contributed by atoms with Crippen LogP contribution in [0.1, 0.15) is 20.8 Å². The van der Waals surface area contributed by atoms with Crippen LogP contribution in [0.4, 0.5) is 0 Å². The molecule has 74 valence electrons. The van der Waals surface area contributed by atoms with E-state index in [0.717, 1.165) is 0 Å². The van der Waals surface area contributed by atoms with E-state index in [1.807, 2.05) is 13.8 Å². The van der Waals surface area contributed by atoms with Crippen molar-refractivity contribution >= 4 is 17.3 Å². The van der Waals surface area contributed by atoms with Crippen LogP contribution in [0.2, 0.25) is 0 Å². The molecular weight excluding hydrogens is 178 g/mol. The first-order valence-electron chi connectivity index (χ1n) is 3.56. The van der Waals surface area contributed by atoms with Gasteiger partial charge in [-0.05, 0) is 20.8 Å². The van der Waals surface area contributed by atoms with Gasteiger partial charge in [-0.25, -0.2) is 4.21 Å². The van der Waals surface area contributed by atoms with Crippen LogP contribution in [-0.4, -0.2) is 29.9 Å². The van der Waals surface area contributed by atoms with Crippen molar-refractivity contribution in [3.05, 3.63) is 0 Å². The van der Waals surface area contributed by atoms with E-state index in [0.29, 0.717) is 6.10 Å². The smallest absolute Gasteiger partial charge is 0.229 e. The van der Waals surface area contributed by atoms with Gasteiger partial charge in [-0.3, -0.25) is 4.28 Å². The highest BCUT2D eigenvalue weighted by Crippen LogP contribution is 1.78. The molecule has 0 heterocycles. The van der Waals surface area contributed by atoms with Gasteiger partial charge in [0, 0.05) is 13.3 Å². The molecule has 1 atom stereocenters. The Morgan fingerprint density at radius 2 is 1.92 bits per heavy atom. The second-order valence-electron chi connectivity index (χ2n) is 2.12. The molecule has 0 aliphatic carbocycles. The fourth-order valence-corrected chi connectivity index (χ4v) is 0.311. The summed E-state index contributed by atoms with van der Waals surface area (Å²) in [5.74, 6) is 0. The molecule has 0 amide bonds. The van der Waals surface area contributed by atoms with Gasteiger partial charge < -0.3 is 4.74 Å².